The predicted octanol–water partition coefficient (Wildman–Crippen LogP) is 1.80. The molecule has 0 fully saturated rings. The lowest BCUT2D eigenvalue weighted by Gasteiger charge is -2.01. The van der Waals surface area contributed by atoms with Crippen LogP contribution in [0.2, 0.25) is 0 Å². The molecule has 0 spiro atoms. The highest BCUT2D eigenvalue weighted by Crippen LogP contribution is 2.24. The first-order valence-electron chi connectivity index (χ1n) is 5.12. The Balaban J connectivity index is 2.48. The van der Waals surface area contributed by atoms with E-state index >= 15 is 0 Å². The first kappa shape index (κ1) is 12.5. The Morgan fingerprint density at radius 2 is 1.94 bits per heavy atom. The summed E-state index contributed by atoms with van der Waals surface area (Å²) in [5.41, 5.74) is 0.550. The summed E-state index contributed by atoms with van der Waals surface area (Å²) in [6, 6.07) is 9.19. The van der Waals surface area contributed by atoms with Crippen LogP contribution in [0.1, 0.15) is 17.5 Å². The molecule has 0 aliphatic rings. The third-order valence-electron chi connectivity index (χ3n) is 2.40. The van der Waals surface area contributed by atoms with Crippen LogP contribution in [-0.4, -0.2) is 14.2 Å². The molecule has 1 aromatic carbocycles. The lowest BCUT2D eigenvalue weighted by molar-refractivity contribution is 0.0988. The number of furan rings is 1. The SMILES string of the molecule is CC(=O)c1ccc(-c2cccc(S(N)(=O)=O)c2)o1. The molecule has 1 aromatic heterocycles. The molecule has 0 radical (unpaired) electrons. The summed E-state index contributed by atoms with van der Waals surface area (Å²) in [6.45, 7) is 1.39. The summed E-state index contributed by atoms with van der Waals surface area (Å²) < 4.78 is 27.8. The molecule has 0 unspecified atom stereocenters. The van der Waals surface area contributed by atoms with E-state index in [1.54, 1.807) is 24.3 Å². The monoisotopic (exact) mass is 265 g/mol. The normalized spacial score (nSPS) is 11.4. The third kappa shape index (κ3) is 2.49. The molecule has 0 saturated carbocycles. The molecule has 2 rings (SSSR count). The van der Waals surface area contributed by atoms with E-state index in [1.165, 1.54) is 19.1 Å². The van der Waals surface area contributed by atoms with Gasteiger partial charge < -0.3 is 4.42 Å². The largest absolute Gasteiger partial charge is 0.453 e. The van der Waals surface area contributed by atoms with Gasteiger partial charge in [-0.1, -0.05) is 12.1 Å². The van der Waals surface area contributed by atoms with Gasteiger partial charge in [-0.2, -0.15) is 0 Å². The van der Waals surface area contributed by atoms with Crippen molar-refractivity contribution in [2.75, 3.05) is 0 Å². The van der Waals surface area contributed by atoms with Crippen LogP contribution in [0.15, 0.2) is 45.7 Å². The van der Waals surface area contributed by atoms with Crippen LogP contribution < -0.4 is 5.14 Å². The number of benzene rings is 1. The number of nitrogens with two attached hydrogens (primary N) is 1. The van der Waals surface area contributed by atoms with E-state index < -0.39 is 10.0 Å². The van der Waals surface area contributed by atoms with Gasteiger partial charge in [0.05, 0.1) is 4.90 Å². The van der Waals surface area contributed by atoms with E-state index in [2.05, 4.69) is 0 Å². The number of carbonyl (C=O) groups excluding carboxylic acids is 1. The number of ketones is 1. The summed E-state index contributed by atoms with van der Waals surface area (Å²) in [7, 11) is -3.75. The summed E-state index contributed by atoms with van der Waals surface area (Å²) in [5.74, 6) is 0.459. The predicted molar refractivity (Wildman–Crippen MR) is 65.5 cm³/mol. The minimum atomic E-state index is -3.75. The highest BCUT2D eigenvalue weighted by Gasteiger charge is 2.12. The molecular formula is C12H11NO4S. The minimum Gasteiger partial charge on any atom is -0.453 e. The van der Waals surface area contributed by atoms with Gasteiger partial charge in [0.2, 0.25) is 10.0 Å². The van der Waals surface area contributed by atoms with Crippen molar-refractivity contribution in [3.05, 3.63) is 42.2 Å². The molecule has 2 N–H and O–H groups in total. The van der Waals surface area contributed by atoms with Gasteiger partial charge in [0.25, 0.3) is 0 Å². The van der Waals surface area contributed by atoms with Crippen molar-refractivity contribution in [2.45, 2.75) is 11.8 Å². The van der Waals surface area contributed by atoms with E-state index in [0.717, 1.165) is 0 Å². The standard InChI is InChI=1S/C12H11NO4S/c1-8(14)11-5-6-12(17-11)9-3-2-4-10(7-9)18(13,15)16/h2-7H,1H3,(H2,13,15,16). The zero-order valence-electron chi connectivity index (χ0n) is 9.58. The number of sulfonamides is 1. The average Bonchev–Trinajstić information content (AvgIpc) is 2.77. The zero-order chi connectivity index (χ0) is 13.3. The first-order valence-corrected chi connectivity index (χ1v) is 6.66. The fraction of sp³-hybridized carbons (Fsp3) is 0.0833. The summed E-state index contributed by atoms with van der Waals surface area (Å²) >= 11 is 0. The summed E-state index contributed by atoms with van der Waals surface area (Å²) in [5, 5.41) is 5.04. The smallest absolute Gasteiger partial charge is 0.238 e. The lowest BCUT2D eigenvalue weighted by Crippen LogP contribution is -2.11. The Bertz CT molecular complexity index is 700. The van der Waals surface area contributed by atoms with Gasteiger partial charge in [-0.05, 0) is 24.3 Å². The van der Waals surface area contributed by atoms with Crippen LogP contribution in [-0.2, 0) is 10.0 Å². The van der Waals surface area contributed by atoms with Gasteiger partial charge in [-0.25, -0.2) is 13.6 Å². The van der Waals surface area contributed by atoms with Crippen molar-refractivity contribution in [3.8, 4) is 11.3 Å². The molecule has 6 heteroatoms. The number of hydrogen-bond donors (Lipinski definition) is 1. The summed E-state index contributed by atoms with van der Waals surface area (Å²) in [4.78, 5) is 11.1. The van der Waals surface area contributed by atoms with Crippen molar-refractivity contribution >= 4 is 15.8 Å². The van der Waals surface area contributed by atoms with Gasteiger partial charge in [0.15, 0.2) is 11.5 Å². The Morgan fingerprint density at radius 1 is 1.22 bits per heavy atom. The highest BCUT2D eigenvalue weighted by atomic mass is 32.2. The Kier molecular flexibility index (Phi) is 3.06. The number of hydrogen-bond acceptors (Lipinski definition) is 4. The first-order chi connectivity index (χ1) is 8.38. The average molecular weight is 265 g/mol. The van der Waals surface area contributed by atoms with Crippen LogP contribution >= 0.6 is 0 Å². The molecule has 5 nitrogen and oxygen atoms in total. The summed E-state index contributed by atoms with van der Waals surface area (Å²) in [6.07, 6.45) is 0. The van der Waals surface area contributed by atoms with Crippen LogP contribution in [0.3, 0.4) is 0 Å². The topological polar surface area (TPSA) is 90.4 Å². The van der Waals surface area contributed by atoms with Crippen LogP contribution in [0.25, 0.3) is 11.3 Å². The molecule has 18 heavy (non-hydrogen) atoms. The fourth-order valence-corrected chi connectivity index (χ4v) is 2.07. The highest BCUT2D eigenvalue weighted by molar-refractivity contribution is 7.89. The molecular weight excluding hydrogens is 254 g/mol. The second-order valence-electron chi connectivity index (χ2n) is 3.79. The van der Waals surface area contributed by atoms with Crippen molar-refractivity contribution in [1.82, 2.24) is 0 Å². The maximum Gasteiger partial charge on any atom is 0.238 e. The van der Waals surface area contributed by atoms with Crippen molar-refractivity contribution < 1.29 is 17.6 Å². The van der Waals surface area contributed by atoms with Gasteiger partial charge in [-0.3, -0.25) is 4.79 Å². The van der Waals surface area contributed by atoms with Gasteiger partial charge >= 0.3 is 0 Å². The molecule has 1 heterocycles. The van der Waals surface area contributed by atoms with Crippen LogP contribution in [0, 0.1) is 0 Å². The maximum absolute atomic E-state index is 11.2. The Hall–Kier alpha value is -1.92. The molecule has 0 aliphatic carbocycles. The van der Waals surface area contributed by atoms with Crippen LogP contribution in [0.5, 0.6) is 0 Å². The molecule has 0 aliphatic heterocycles. The quantitative estimate of drug-likeness (QED) is 0.857. The third-order valence-corrected chi connectivity index (χ3v) is 3.31. The number of Topliss-reactive ketones (excluding diaryl/α,β-unsaturated/α-hetero) is 1. The number of primary sulfonamides is 1. The van der Waals surface area contributed by atoms with Crippen LogP contribution in [0.4, 0.5) is 0 Å². The van der Waals surface area contributed by atoms with E-state index in [1.807, 2.05) is 0 Å². The maximum atomic E-state index is 11.2. The van der Waals surface area contributed by atoms with Gasteiger partial charge in [-0.15, -0.1) is 0 Å². The van der Waals surface area contributed by atoms with Gasteiger partial charge in [0.1, 0.15) is 5.76 Å². The minimum absolute atomic E-state index is 0.000718. The van der Waals surface area contributed by atoms with E-state index in [0.29, 0.717) is 11.3 Å². The molecule has 94 valence electrons. The molecule has 2 aromatic rings. The van der Waals surface area contributed by atoms with Crippen molar-refractivity contribution in [1.29, 1.82) is 0 Å². The molecule has 0 atom stereocenters. The van der Waals surface area contributed by atoms with E-state index in [4.69, 9.17) is 9.56 Å². The van der Waals surface area contributed by atoms with Crippen molar-refractivity contribution in [3.63, 3.8) is 0 Å². The Labute approximate surface area is 104 Å². The number of carbonyl (C=O) groups is 1. The lowest BCUT2D eigenvalue weighted by atomic mass is 10.2. The fourth-order valence-electron chi connectivity index (χ4n) is 1.51. The van der Waals surface area contributed by atoms with Crippen molar-refractivity contribution in [2.24, 2.45) is 5.14 Å². The van der Waals surface area contributed by atoms with E-state index in [-0.39, 0.29) is 16.4 Å². The van der Waals surface area contributed by atoms with Gasteiger partial charge in [0, 0.05) is 12.5 Å². The molecule has 0 bridgehead atoms. The second kappa shape index (κ2) is 4.40. The number of rotatable bonds is 3. The Morgan fingerprint density at radius 3 is 2.50 bits per heavy atom. The van der Waals surface area contributed by atoms with E-state index in [9.17, 15) is 13.2 Å². The zero-order valence-corrected chi connectivity index (χ0v) is 10.4. The molecule has 0 amide bonds. The second-order valence-corrected chi connectivity index (χ2v) is 5.35. The molecule has 0 saturated heterocycles.